The second-order valence-corrected chi connectivity index (χ2v) is 11.2. The number of hydrogen-bond donors (Lipinski definition) is 2. The predicted molar refractivity (Wildman–Crippen MR) is 109 cm³/mol. The SMILES string of the molecule is C=C1[C@H]2CC[C@H]3[C@]45CCCC(C)(C)[C@H]4[C@H](OC(C)=O)[C@@](O)(OC5)[C@]3(C2O)[C@@H]1OC(C)=O. The van der Waals surface area contributed by atoms with Gasteiger partial charge in [0.05, 0.1) is 18.1 Å². The smallest absolute Gasteiger partial charge is 0.303 e. The van der Waals surface area contributed by atoms with Gasteiger partial charge in [0.25, 0.3) is 0 Å². The lowest BCUT2D eigenvalue weighted by Gasteiger charge is -2.75. The van der Waals surface area contributed by atoms with Gasteiger partial charge in [-0.05, 0) is 42.6 Å². The third-order valence-corrected chi connectivity index (χ3v) is 9.53. The van der Waals surface area contributed by atoms with Gasteiger partial charge in [-0.15, -0.1) is 0 Å². The van der Waals surface area contributed by atoms with Crippen molar-refractivity contribution >= 4 is 11.9 Å². The van der Waals surface area contributed by atoms with E-state index in [1.165, 1.54) is 13.8 Å². The van der Waals surface area contributed by atoms with Gasteiger partial charge in [0.2, 0.25) is 5.79 Å². The van der Waals surface area contributed by atoms with E-state index >= 15 is 0 Å². The molecule has 2 spiro atoms. The molecule has 6 fully saturated rings. The quantitative estimate of drug-likeness (QED) is 0.508. The Labute approximate surface area is 183 Å². The van der Waals surface area contributed by atoms with Crippen molar-refractivity contribution in [1.82, 2.24) is 0 Å². The van der Waals surface area contributed by atoms with E-state index in [1.807, 2.05) is 0 Å². The molecular weight excluding hydrogens is 400 g/mol. The molecule has 1 unspecified atom stereocenters. The van der Waals surface area contributed by atoms with Gasteiger partial charge < -0.3 is 24.4 Å². The molecule has 6 aliphatic rings. The standard InChI is InChI=1S/C24H34O7/c1-12-15-7-8-16-22-10-6-9-21(4,5)17(22)20(31-14(3)26)24(28,29-11-22)23(16,18(15)27)19(12)30-13(2)25/h15-20,27-28H,1,6-11H2,2-5H3/t15-,16+,17-,18?,19-,20+,22-,23-,24-/m1/s1. The largest absolute Gasteiger partial charge is 0.457 e. The van der Waals surface area contributed by atoms with Crippen molar-refractivity contribution in [1.29, 1.82) is 0 Å². The Balaban J connectivity index is 1.78. The van der Waals surface area contributed by atoms with Gasteiger partial charge >= 0.3 is 11.9 Å². The summed E-state index contributed by atoms with van der Waals surface area (Å²) in [5, 5.41) is 24.0. The average Bonchev–Trinajstić information content (AvgIpc) is 2.77. The number of rotatable bonds is 2. The maximum absolute atomic E-state index is 12.3. The number of esters is 2. The highest BCUT2D eigenvalue weighted by Crippen LogP contribution is 2.78. The molecule has 31 heavy (non-hydrogen) atoms. The molecule has 2 aliphatic heterocycles. The second-order valence-electron chi connectivity index (χ2n) is 11.2. The Morgan fingerprint density at radius 3 is 2.45 bits per heavy atom. The molecule has 0 amide bonds. The minimum atomic E-state index is -1.97. The number of hydrogen-bond acceptors (Lipinski definition) is 7. The van der Waals surface area contributed by atoms with E-state index < -0.39 is 41.5 Å². The molecule has 0 aromatic heterocycles. The zero-order valence-corrected chi connectivity index (χ0v) is 18.8. The lowest BCUT2D eigenvalue weighted by Crippen LogP contribution is -2.84. The topological polar surface area (TPSA) is 102 Å². The zero-order valence-electron chi connectivity index (χ0n) is 18.8. The third kappa shape index (κ3) is 2.30. The molecule has 4 aliphatic carbocycles. The molecule has 2 N–H and O–H groups in total. The van der Waals surface area contributed by atoms with Crippen LogP contribution in [-0.4, -0.2) is 52.9 Å². The number of fused-ring (bicyclic) bond motifs is 2. The number of aliphatic hydroxyl groups excluding tert-OH is 1. The molecule has 6 rings (SSSR count). The van der Waals surface area contributed by atoms with Gasteiger partial charge in [-0.1, -0.05) is 26.8 Å². The number of ether oxygens (including phenoxy) is 3. The van der Waals surface area contributed by atoms with Gasteiger partial charge in [-0.3, -0.25) is 9.59 Å². The first-order valence-corrected chi connectivity index (χ1v) is 11.5. The van der Waals surface area contributed by atoms with Gasteiger partial charge in [-0.2, -0.15) is 0 Å². The van der Waals surface area contributed by atoms with Crippen LogP contribution in [0.5, 0.6) is 0 Å². The van der Waals surface area contributed by atoms with E-state index in [9.17, 15) is 19.8 Å². The molecule has 0 radical (unpaired) electrons. The van der Waals surface area contributed by atoms with Crippen LogP contribution in [0.15, 0.2) is 12.2 Å². The predicted octanol–water partition coefficient (Wildman–Crippen LogP) is 2.34. The summed E-state index contributed by atoms with van der Waals surface area (Å²) in [6.07, 6.45) is 1.48. The van der Waals surface area contributed by atoms with Crippen molar-refractivity contribution < 1.29 is 34.0 Å². The molecule has 172 valence electrons. The highest BCUT2D eigenvalue weighted by Gasteiger charge is 2.86. The van der Waals surface area contributed by atoms with E-state index in [2.05, 4.69) is 20.4 Å². The van der Waals surface area contributed by atoms with Crippen molar-refractivity contribution in [2.75, 3.05) is 6.61 Å². The van der Waals surface area contributed by atoms with Gasteiger partial charge in [0.1, 0.15) is 6.10 Å². The van der Waals surface area contributed by atoms with Crippen molar-refractivity contribution in [2.45, 2.75) is 83.9 Å². The molecule has 2 heterocycles. The molecule has 4 saturated carbocycles. The zero-order chi connectivity index (χ0) is 22.6. The lowest BCUT2D eigenvalue weighted by molar-refractivity contribution is -0.467. The van der Waals surface area contributed by atoms with E-state index in [-0.39, 0.29) is 28.6 Å². The first-order chi connectivity index (χ1) is 14.4. The average molecular weight is 435 g/mol. The third-order valence-electron chi connectivity index (χ3n) is 9.53. The summed E-state index contributed by atoms with van der Waals surface area (Å²) in [6, 6.07) is 0. The summed E-state index contributed by atoms with van der Waals surface area (Å²) in [5.41, 5.74) is -1.26. The fourth-order valence-electron chi connectivity index (χ4n) is 8.84. The maximum Gasteiger partial charge on any atom is 0.303 e. The van der Waals surface area contributed by atoms with Crippen LogP contribution in [0.1, 0.15) is 59.8 Å². The van der Waals surface area contributed by atoms with Crippen LogP contribution in [0.2, 0.25) is 0 Å². The van der Waals surface area contributed by atoms with E-state index in [0.29, 0.717) is 12.2 Å². The molecule has 7 nitrogen and oxygen atoms in total. The van der Waals surface area contributed by atoms with Gasteiger partial charge in [0, 0.05) is 31.1 Å². The van der Waals surface area contributed by atoms with Crippen molar-refractivity contribution in [3.05, 3.63) is 12.2 Å². The van der Waals surface area contributed by atoms with Crippen molar-refractivity contribution in [3.63, 3.8) is 0 Å². The maximum atomic E-state index is 12.3. The molecule has 7 heteroatoms. The Hall–Kier alpha value is -1.44. The van der Waals surface area contributed by atoms with Crippen LogP contribution < -0.4 is 0 Å². The first-order valence-electron chi connectivity index (χ1n) is 11.5. The summed E-state index contributed by atoms with van der Waals surface area (Å²) in [4.78, 5) is 24.3. The minimum Gasteiger partial charge on any atom is -0.457 e. The fourth-order valence-corrected chi connectivity index (χ4v) is 8.84. The summed E-state index contributed by atoms with van der Waals surface area (Å²) >= 11 is 0. The van der Waals surface area contributed by atoms with Gasteiger partial charge in [-0.25, -0.2) is 0 Å². The minimum absolute atomic E-state index is 0.123. The molecule has 0 aromatic carbocycles. The van der Waals surface area contributed by atoms with Crippen LogP contribution in [0, 0.1) is 34.0 Å². The van der Waals surface area contributed by atoms with Crippen LogP contribution in [0.25, 0.3) is 0 Å². The molecule has 4 bridgehead atoms. The molecular formula is C24H34O7. The lowest BCUT2D eigenvalue weighted by atomic mass is 9.36. The Morgan fingerprint density at radius 2 is 1.81 bits per heavy atom. The molecule has 9 atom stereocenters. The number of carbonyl (C=O) groups excluding carboxylic acids is 2. The highest BCUT2D eigenvalue weighted by molar-refractivity contribution is 5.67. The van der Waals surface area contributed by atoms with Crippen LogP contribution >= 0.6 is 0 Å². The number of aliphatic hydroxyl groups is 2. The first kappa shape index (κ1) is 21.4. The highest BCUT2D eigenvalue weighted by atomic mass is 16.7. The molecule has 2 saturated heterocycles. The summed E-state index contributed by atoms with van der Waals surface area (Å²) in [7, 11) is 0. The Morgan fingerprint density at radius 1 is 1.13 bits per heavy atom. The van der Waals surface area contributed by atoms with Crippen molar-refractivity contribution in [3.8, 4) is 0 Å². The fraction of sp³-hybridized carbons (Fsp3) is 0.833. The monoisotopic (exact) mass is 434 g/mol. The Bertz CT molecular complexity index is 851. The van der Waals surface area contributed by atoms with Crippen LogP contribution in [0.3, 0.4) is 0 Å². The second kappa shape index (κ2) is 6.33. The van der Waals surface area contributed by atoms with Crippen LogP contribution in [0.4, 0.5) is 0 Å². The van der Waals surface area contributed by atoms with Crippen LogP contribution in [-0.2, 0) is 23.8 Å². The summed E-state index contributed by atoms with van der Waals surface area (Å²) < 4.78 is 17.9. The summed E-state index contributed by atoms with van der Waals surface area (Å²) in [6.45, 7) is 11.5. The number of carbonyl (C=O) groups is 2. The molecule has 0 aromatic rings. The normalized spacial score (nSPS) is 51.6. The van der Waals surface area contributed by atoms with E-state index in [0.717, 1.165) is 32.1 Å². The van der Waals surface area contributed by atoms with E-state index in [1.54, 1.807) is 0 Å². The summed E-state index contributed by atoms with van der Waals surface area (Å²) in [5.74, 6) is -3.51. The van der Waals surface area contributed by atoms with E-state index in [4.69, 9.17) is 14.2 Å². The van der Waals surface area contributed by atoms with Crippen molar-refractivity contribution in [2.24, 2.45) is 34.0 Å². The Kier molecular flexibility index (Phi) is 4.37. The van der Waals surface area contributed by atoms with Gasteiger partial charge in [0.15, 0.2) is 6.10 Å².